The van der Waals surface area contributed by atoms with E-state index >= 15 is 0 Å². The highest BCUT2D eigenvalue weighted by Crippen LogP contribution is 2.43. The molecule has 5 rings (SSSR count). The predicted molar refractivity (Wildman–Crippen MR) is 133 cm³/mol. The van der Waals surface area contributed by atoms with Gasteiger partial charge in [0.25, 0.3) is 5.91 Å². The van der Waals surface area contributed by atoms with Gasteiger partial charge in [-0.1, -0.05) is 42.5 Å². The van der Waals surface area contributed by atoms with E-state index in [2.05, 4.69) is 10.2 Å². The van der Waals surface area contributed by atoms with Gasteiger partial charge in [0.2, 0.25) is 0 Å². The number of carbonyl (C=O) groups excluding carboxylic acids is 1. The van der Waals surface area contributed by atoms with Gasteiger partial charge >= 0.3 is 0 Å². The highest BCUT2D eigenvalue weighted by molar-refractivity contribution is 6.00. The third-order valence-electron chi connectivity index (χ3n) is 6.21. The third-order valence-corrected chi connectivity index (χ3v) is 6.21. The van der Waals surface area contributed by atoms with E-state index < -0.39 is 0 Å². The number of ether oxygens (including phenoxy) is 3. The molecule has 1 atom stereocenters. The molecule has 1 N–H and O–H groups in total. The van der Waals surface area contributed by atoms with Crippen molar-refractivity contribution in [3.05, 3.63) is 101 Å². The van der Waals surface area contributed by atoms with Gasteiger partial charge < -0.3 is 19.1 Å². The number of fused-ring (bicyclic) bond motifs is 1. The van der Waals surface area contributed by atoms with Crippen LogP contribution in [-0.2, 0) is 11.3 Å². The van der Waals surface area contributed by atoms with Crippen molar-refractivity contribution >= 4 is 5.91 Å². The number of H-pyrrole nitrogens is 1. The van der Waals surface area contributed by atoms with Gasteiger partial charge in [0.15, 0.2) is 0 Å². The zero-order valence-electron chi connectivity index (χ0n) is 19.7. The molecule has 0 aliphatic carbocycles. The quantitative estimate of drug-likeness (QED) is 0.379. The molecule has 1 aliphatic rings. The molecule has 0 spiro atoms. The minimum Gasteiger partial charge on any atom is -0.497 e. The number of amides is 1. The van der Waals surface area contributed by atoms with E-state index in [9.17, 15) is 4.79 Å². The van der Waals surface area contributed by atoms with Crippen molar-refractivity contribution in [1.29, 1.82) is 0 Å². The van der Waals surface area contributed by atoms with Crippen LogP contribution in [0.1, 0.15) is 33.2 Å². The average molecular weight is 470 g/mol. The van der Waals surface area contributed by atoms with Crippen LogP contribution in [0.5, 0.6) is 11.5 Å². The SMILES string of the molecule is COCCN1C(=O)c2[nH]nc(-c3ccc(OC)cc3)c2C1c1ccc(OCc2ccccc2)cc1. The van der Waals surface area contributed by atoms with Gasteiger partial charge in [-0.3, -0.25) is 9.89 Å². The number of hydrogen-bond acceptors (Lipinski definition) is 5. The van der Waals surface area contributed by atoms with Gasteiger partial charge in [-0.15, -0.1) is 0 Å². The van der Waals surface area contributed by atoms with E-state index in [0.717, 1.165) is 39.4 Å². The molecular weight excluding hydrogens is 442 g/mol. The van der Waals surface area contributed by atoms with Crippen molar-refractivity contribution in [1.82, 2.24) is 15.1 Å². The van der Waals surface area contributed by atoms with E-state index in [0.29, 0.717) is 25.5 Å². The Morgan fingerprint density at radius 2 is 1.63 bits per heavy atom. The van der Waals surface area contributed by atoms with Crippen LogP contribution < -0.4 is 9.47 Å². The predicted octanol–water partition coefficient (Wildman–Crippen LogP) is 4.86. The monoisotopic (exact) mass is 469 g/mol. The van der Waals surface area contributed by atoms with Gasteiger partial charge in [0.1, 0.15) is 23.8 Å². The van der Waals surface area contributed by atoms with Crippen LogP contribution in [0.4, 0.5) is 0 Å². The Balaban J connectivity index is 1.46. The molecule has 1 unspecified atom stereocenters. The molecule has 4 aromatic rings. The minimum atomic E-state index is -0.285. The number of benzene rings is 3. The molecule has 2 heterocycles. The fraction of sp³-hybridized carbons (Fsp3) is 0.214. The molecule has 3 aromatic carbocycles. The number of aromatic amines is 1. The van der Waals surface area contributed by atoms with Crippen molar-refractivity contribution in [2.75, 3.05) is 27.4 Å². The third kappa shape index (κ3) is 4.50. The topological polar surface area (TPSA) is 76.7 Å². The first-order valence-electron chi connectivity index (χ1n) is 11.5. The first-order chi connectivity index (χ1) is 17.2. The van der Waals surface area contributed by atoms with Crippen LogP contribution in [0.25, 0.3) is 11.3 Å². The summed E-state index contributed by atoms with van der Waals surface area (Å²) in [6, 6.07) is 25.4. The Labute approximate surface area is 204 Å². The molecule has 1 aliphatic heterocycles. The normalized spacial score (nSPS) is 14.7. The number of aromatic nitrogens is 2. The second kappa shape index (κ2) is 10.0. The van der Waals surface area contributed by atoms with E-state index in [-0.39, 0.29) is 11.9 Å². The van der Waals surface area contributed by atoms with Crippen LogP contribution in [0.3, 0.4) is 0 Å². The lowest BCUT2D eigenvalue weighted by Crippen LogP contribution is -2.32. The van der Waals surface area contributed by atoms with Gasteiger partial charge in [-0.25, -0.2) is 0 Å². The Morgan fingerprint density at radius 1 is 0.914 bits per heavy atom. The summed E-state index contributed by atoms with van der Waals surface area (Å²) >= 11 is 0. The maximum atomic E-state index is 13.3. The zero-order chi connectivity index (χ0) is 24.2. The Kier molecular flexibility index (Phi) is 6.50. The smallest absolute Gasteiger partial charge is 0.273 e. The van der Waals surface area contributed by atoms with Crippen molar-refractivity contribution in [3.8, 4) is 22.8 Å². The lowest BCUT2D eigenvalue weighted by molar-refractivity contribution is 0.0677. The van der Waals surface area contributed by atoms with Crippen LogP contribution in [0.2, 0.25) is 0 Å². The van der Waals surface area contributed by atoms with E-state index in [4.69, 9.17) is 14.2 Å². The summed E-state index contributed by atoms with van der Waals surface area (Å²) in [5.41, 5.74) is 5.14. The molecular formula is C28H27N3O4. The summed E-state index contributed by atoms with van der Waals surface area (Å²) in [6.07, 6.45) is 0. The Hall–Kier alpha value is -4.10. The Morgan fingerprint density at radius 3 is 2.31 bits per heavy atom. The van der Waals surface area contributed by atoms with Gasteiger partial charge in [0.05, 0.1) is 25.5 Å². The second-order valence-electron chi connectivity index (χ2n) is 8.33. The summed E-state index contributed by atoms with van der Waals surface area (Å²) in [5, 5.41) is 7.50. The van der Waals surface area contributed by atoms with Crippen molar-refractivity contribution in [3.63, 3.8) is 0 Å². The van der Waals surface area contributed by atoms with Gasteiger partial charge in [-0.05, 0) is 47.5 Å². The van der Waals surface area contributed by atoms with E-state index in [1.807, 2.05) is 83.8 Å². The molecule has 178 valence electrons. The van der Waals surface area contributed by atoms with Gasteiger partial charge in [-0.2, -0.15) is 5.10 Å². The standard InChI is InChI=1S/C28H27N3O4/c1-33-17-16-31-27(21-10-14-23(15-11-21)35-18-19-6-4-3-5-7-19)24-25(29-30-26(24)28(31)32)20-8-12-22(34-2)13-9-20/h3-15,27H,16-18H2,1-2H3,(H,29,30). The highest BCUT2D eigenvalue weighted by atomic mass is 16.5. The molecule has 0 fully saturated rings. The lowest BCUT2D eigenvalue weighted by Gasteiger charge is -2.26. The maximum absolute atomic E-state index is 13.3. The number of nitrogens with zero attached hydrogens (tertiary/aromatic N) is 2. The average Bonchev–Trinajstić information content (AvgIpc) is 3.46. The van der Waals surface area contributed by atoms with Gasteiger partial charge in [0, 0.05) is 24.8 Å². The minimum absolute atomic E-state index is 0.0845. The number of hydrogen-bond donors (Lipinski definition) is 1. The molecule has 0 radical (unpaired) electrons. The lowest BCUT2D eigenvalue weighted by atomic mass is 9.96. The van der Waals surface area contributed by atoms with Crippen LogP contribution in [0, 0.1) is 0 Å². The summed E-state index contributed by atoms with van der Waals surface area (Å²) in [4.78, 5) is 15.1. The largest absolute Gasteiger partial charge is 0.497 e. The summed E-state index contributed by atoms with van der Waals surface area (Å²) < 4.78 is 16.5. The summed E-state index contributed by atoms with van der Waals surface area (Å²) in [5.74, 6) is 1.45. The summed E-state index contributed by atoms with van der Waals surface area (Å²) in [6.45, 7) is 1.41. The first kappa shape index (κ1) is 22.7. The fourth-order valence-electron chi connectivity index (χ4n) is 4.42. The van der Waals surface area contributed by atoms with E-state index in [1.165, 1.54) is 0 Å². The molecule has 0 saturated heterocycles. The second-order valence-corrected chi connectivity index (χ2v) is 8.33. The number of carbonyl (C=O) groups is 1. The van der Waals surface area contributed by atoms with Crippen molar-refractivity contribution in [2.24, 2.45) is 0 Å². The first-order valence-corrected chi connectivity index (χ1v) is 11.5. The summed E-state index contributed by atoms with van der Waals surface area (Å²) in [7, 11) is 3.27. The number of methoxy groups -OCH3 is 2. The van der Waals surface area contributed by atoms with Crippen molar-refractivity contribution in [2.45, 2.75) is 12.6 Å². The molecule has 7 nitrogen and oxygen atoms in total. The van der Waals surface area contributed by atoms with Crippen molar-refractivity contribution < 1.29 is 19.0 Å². The maximum Gasteiger partial charge on any atom is 0.273 e. The van der Waals surface area contributed by atoms with Crippen LogP contribution in [-0.4, -0.2) is 48.4 Å². The number of rotatable bonds is 9. The van der Waals surface area contributed by atoms with Crippen LogP contribution in [0.15, 0.2) is 78.9 Å². The number of nitrogens with one attached hydrogen (secondary N) is 1. The Bertz CT molecular complexity index is 1280. The molecule has 1 aromatic heterocycles. The molecule has 35 heavy (non-hydrogen) atoms. The molecule has 0 saturated carbocycles. The molecule has 1 amide bonds. The highest BCUT2D eigenvalue weighted by Gasteiger charge is 2.41. The molecule has 0 bridgehead atoms. The van der Waals surface area contributed by atoms with E-state index in [1.54, 1.807) is 14.2 Å². The zero-order valence-corrected chi connectivity index (χ0v) is 19.7. The molecule has 7 heteroatoms. The van der Waals surface area contributed by atoms with Crippen LogP contribution >= 0.6 is 0 Å². The fourth-order valence-corrected chi connectivity index (χ4v) is 4.42.